The lowest BCUT2D eigenvalue weighted by molar-refractivity contribution is 0.102. The van der Waals surface area contributed by atoms with Crippen LogP contribution >= 0.6 is 0 Å². The largest absolute Gasteiger partial charge is 0.475 e. The third-order valence-electron chi connectivity index (χ3n) is 3.15. The maximum Gasteiger partial charge on any atom is 0.407 e. The molecule has 7 heteroatoms. The maximum atomic E-state index is 11.4. The van der Waals surface area contributed by atoms with Gasteiger partial charge in [-0.05, 0) is 12.0 Å². The van der Waals surface area contributed by atoms with Crippen molar-refractivity contribution in [3.63, 3.8) is 0 Å². The van der Waals surface area contributed by atoms with Crippen molar-refractivity contribution in [1.82, 2.24) is 15.6 Å². The Labute approximate surface area is 143 Å². The molecule has 0 saturated carbocycles. The van der Waals surface area contributed by atoms with Crippen molar-refractivity contribution in [2.45, 2.75) is 52.3 Å². The third-order valence-corrected chi connectivity index (χ3v) is 3.15. The summed E-state index contributed by atoms with van der Waals surface area (Å²) in [7, 11) is 0. The number of aliphatic hydroxyl groups excluding tert-OH is 1. The number of unbranched alkanes of at least 4 members (excludes halogenated alkanes) is 1. The number of aliphatic hydroxyl groups is 1. The number of rotatable bonds is 11. The minimum Gasteiger partial charge on any atom is -0.475 e. The van der Waals surface area contributed by atoms with Crippen molar-refractivity contribution in [3.05, 3.63) is 23.9 Å². The van der Waals surface area contributed by atoms with E-state index in [4.69, 9.17) is 9.47 Å². The predicted molar refractivity (Wildman–Crippen MR) is 92.0 cm³/mol. The summed E-state index contributed by atoms with van der Waals surface area (Å²) >= 11 is 0. The molecule has 0 aliphatic heterocycles. The molecule has 0 saturated heterocycles. The minimum atomic E-state index is -0.589. The van der Waals surface area contributed by atoms with Crippen LogP contribution in [-0.2, 0) is 11.3 Å². The van der Waals surface area contributed by atoms with Crippen LogP contribution in [0.4, 0.5) is 4.79 Å². The van der Waals surface area contributed by atoms with Gasteiger partial charge in [0.2, 0.25) is 5.88 Å². The predicted octanol–water partition coefficient (Wildman–Crippen LogP) is 1.85. The highest BCUT2D eigenvalue weighted by molar-refractivity contribution is 5.67. The lowest BCUT2D eigenvalue weighted by Crippen LogP contribution is -2.35. The van der Waals surface area contributed by atoms with Gasteiger partial charge in [-0.3, -0.25) is 0 Å². The van der Waals surface area contributed by atoms with Crippen LogP contribution in [0.1, 0.15) is 39.2 Å². The minimum absolute atomic E-state index is 0.175. The molecule has 1 atom stereocenters. The monoisotopic (exact) mass is 339 g/mol. The highest BCUT2D eigenvalue weighted by Gasteiger charge is 2.07. The van der Waals surface area contributed by atoms with Crippen LogP contribution in [0, 0.1) is 0 Å². The Hall–Kier alpha value is -1.86. The average molecular weight is 339 g/mol. The molecule has 0 aromatic carbocycles. The Balaban J connectivity index is 2.26. The lowest BCUT2D eigenvalue weighted by atomic mass is 10.3. The molecular weight excluding hydrogens is 310 g/mol. The van der Waals surface area contributed by atoms with Gasteiger partial charge in [0.05, 0.1) is 6.61 Å². The van der Waals surface area contributed by atoms with E-state index in [1.807, 2.05) is 26.8 Å². The number of pyridine rings is 1. The number of hydrogen-bond acceptors (Lipinski definition) is 6. The van der Waals surface area contributed by atoms with E-state index >= 15 is 0 Å². The number of hydrogen-bond donors (Lipinski definition) is 3. The number of nitrogens with zero attached hydrogens (tertiary/aromatic N) is 1. The highest BCUT2D eigenvalue weighted by Crippen LogP contribution is 2.08. The van der Waals surface area contributed by atoms with E-state index in [2.05, 4.69) is 15.6 Å². The zero-order valence-electron chi connectivity index (χ0n) is 14.7. The number of carbonyl (C=O) groups is 1. The van der Waals surface area contributed by atoms with Crippen molar-refractivity contribution < 1.29 is 19.4 Å². The number of carbonyl (C=O) groups excluding carboxylic acids is 1. The van der Waals surface area contributed by atoms with Gasteiger partial charge in [0, 0.05) is 31.4 Å². The third kappa shape index (κ3) is 9.32. The van der Waals surface area contributed by atoms with Gasteiger partial charge < -0.3 is 25.2 Å². The van der Waals surface area contributed by atoms with Gasteiger partial charge in [-0.1, -0.05) is 33.3 Å². The van der Waals surface area contributed by atoms with E-state index in [9.17, 15) is 9.90 Å². The van der Waals surface area contributed by atoms with Gasteiger partial charge in [-0.2, -0.15) is 0 Å². The molecule has 0 fully saturated rings. The van der Waals surface area contributed by atoms with Crippen LogP contribution in [0.15, 0.2) is 18.3 Å². The summed E-state index contributed by atoms with van der Waals surface area (Å²) in [6.07, 6.45) is 2.46. The smallest absolute Gasteiger partial charge is 0.407 e. The van der Waals surface area contributed by atoms with Crippen LogP contribution in [0.3, 0.4) is 0 Å². The SMILES string of the molecule is CCCCOC(=O)NCc1ccc(OCC(O)CNC(C)C)nc1. The molecule has 1 aromatic heterocycles. The Morgan fingerprint density at radius 2 is 2.17 bits per heavy atom. The highest BCUT2D eigenvalue weighted by atomic mass is 16.5. The summed E-state index contributed by atoms with van der Waals surface area (Å²) < 4.78 is 10.4. The van der Waals surface area contributed by atoms with Gasteiger partial charge in [-0.25, -0.2) is 9.78 Å². The Kier molecular flexibility index (Phi) is 9.79. The van der Waals surface area contributed by atoms with Crippen molar-refractivity contribution in [3.8, 4) is 5.88 Å². The first-order chi connectivity index (χ1) is 11.5. The molecular formula is C17H29N3O4. The van der Waals surface area contributed by atoms with Crippen LogP contribution in [0.5, 0.6) is 5.88 Å². The zero-order chi connectivity index (χ0) is 17.8. The van der Waals surface area contributed by atoms with E-state index in [0.29, 0.717) is 31.6 Å². The first-order valence-corrected chi connectivity index (χ1v) is 8.41. The Morgan fingerprint density at radius 3 is 2.79 bits per heavy atom. The molecule has 1 rings (SSSR count). The fraction of sp³-hybridized carbons (Fsp3) is 0.647. The summed E-state index contributed by atoms with van der Waals surface area (Å²) in [5.74, 6) is 0.438. The molecule has 0 bridgehead atoms. The molecule has 1 heterocycles. The second-order valence-corrected chi connectivity index (χ2v) is 5.88. The molecule has 7 nitrogen and oxygen atoms in total. The normalized spacial score (nSPS) is 12.0. The maximum absolute atomic E-state index is 11.4. The van der Waals surface area contributed by atoms with Crippen molar-refractivity contribution in [1.29, 1.82) is 0 Å². The van der Waals surface area contributed by atoms with Gasteiger partial charge >= 0.3 is 6.09 Å². The van der Waals surface area contributed by atoms with E-state index < -0.39 is 12.2 Å². The number of nitrogens with one attached hydrogen (secondary N) is 2. The molecule has 24 heavy (non-hydrogen) atoms. The standard InChI is InChI=1S/C17H29N3O4/c1-4-5-8-23-17(22)20-10-14-6-7-16(19-9-14)24-12-15(21)11-18-13(2)3/h6-7,9,13,15,18,21H,4-5,8,10-12H2,1-3H3,(H,20,22). The number of amides is 1. The summed E-state index contributed by atoms with van der Waals surface area (Å²) in [6.45, 7) is 7.49. The second-order valence-electron chi connectivity index (χ2n) is 5.88. The fourth-order valence-corrected chi connectivity index (χ4v) is 1.75. The number of alkyl carbamates (subject to hydrolysis) is 1. The second kappa shape index (κ2) is 11.6. The molecule has 1 unspecified atom stereocenters. The summed E-state index contributed by atoms with van der Waals surface area (Å²) in [5.41, 5.74) is 0.844. The van der Waals surface area contributed by atoms with Crippen molar-refractivity contribution in [2.24, 2.45) is 0 Å². The zero-order valence-corrected chi connectivity index (χ0v) is 14.7. The van der Waals surface area contributed by atoms with Crippen molar-refractivity contribution in [2.75, 3.05) is 19.8 Å². The van der Waals surface area contributed by atoms with Crippen LogP contribution in [0.2, 0.25) is 0 Å². The molecule has 1 amide bonds. The van der Waals surface area contributed by atoms with Gasteiger partial charge in [0.25, 0.3) is 0 Å². The topological polar surface area (TPSA) is 92.7 Å². The lowest BCUT2D eigenvalue weighted by Gasteiger charge is -2.14. The average Bonchev–Trinajstić information content (AvgIpc) is 2.57. The van der Waals surface area contributed by atoms with E-state index in [0.717, 1.165) is 18.4 Å². The van der Waals surface area contributed by atoms with Crippen molar-refractivity contribution >= 4 is 6.09 Å². The van der Waals surface area contributed by atoms with Gasteiger partial charge in [0.15, 0.2) is 0 Å². The Bertz CT molecular complexity index is 465. The number of ether oxygens (including phenoxy) is 2. The molecule has 0 spiro atoms. The summed E-state index contributed by atoms with van der Waals surface area (Å²) in [6, 6.07) is 3.84. The molecule has 0 radical (unpaired) electrons. The van der Waals surface area contributed by atoms with Crippen LogP contribution < -0.4 is 15.4 Å². The molecule has 1 aromatic rings. The Morgan fingerprint density at radius 1 is 1.38 bits per heavy atom. The molecule has 136 valence electrons. The van der Waals surface area contributed by atoms with E-state index in [1.54, 1.807) is 12.3 Å². The molecule has 0 aliphatic rings. The molecule has 0 aliphatic carbocycles. The first-order valence-electron chi connectivity index (χ1n) is 8.41. The van der Waals surface area contributed by atoms with Crippen LogP contribution in [-0.4, -0.2) is 48.1 Å². The summed E-state index contributed by atoms with van der Waals surface area (Å²) in [4.78, 5) is 15.6. The molecule has 3 N–H and O–H groups in total. The fourth-order valence-electron chi connectivity index (χ4n) is 1.75. The summed E-state index contributed by atoms with van der Waals surface area (Å²) in [5, 5.41) is 15.6. The van der Waals surface area contributed by atoms with Gasteiger partial charge in [-0.15, -0.1) is 0 Å². The van der Waals surface area contributed by atoms with E-state index in [1.165, 1.54) is 0 Å². The first kappa shape index (κ1) is 20.2. The van der Waals surface area contributed by atoms with Gasteiger partial charge in [0.1, 0.15) is 12.7 Å². The van der Waals surface area contributed by atoms with Crippen LogP contribution in [0.25, 0.3) is 0 Å². The number of aromatic nitrogens is 1. The quantitative estimate of drug-likeness (QED) is 0.533. The van der Waals surface area contributed by atoms with E-state index in [-0.39, 0.29) is 6.61 Å².